The summed E-state index contributed by atoms with van der Waals surface area (Å²) in [5.41, 5.74) is 1.37. The molecule has 19 heavy (non-hydrogen) atoms. The summed E-state index contributed by atoms with van der Waals surface area (Å²) in [5, 5.41) is 12.9. The van der Waals surface area contributed by atoms with Crippen molar-refractivity contribution in [3.05, 3.63) is 34.3 Å². The van der Waals surface area contributed by atoms with Crippen LogP contribution in [-0.2, 0) is 0 Å². The van der Waals surface area contributed by atoms with Crippen LogP contribution in [0.15, 0.2) is 18.2 Å². The summed E-state index contributed by atoms with van der Waals surface area (Å²) in [6, 6.07) is 5.27. The number of hydrogen-bond donors (Lipinski definition) is 2. The number of amides is 1. The molecule has 0 saturated carbocycles. The van der Waals surface area contributed by atoms with Crippen LogP contribution >= 0.6 is 11.6 Å². The summed E-state index contributed by atoms with van der Waals surface area (Å²) in [5.74, 6) is -0.138. The zero-order valence-electron chi connectivity index (χ0n) is 12.0. The van der Waals surface area contributed by atoms with Gasteiger partial charge in [0.05, 0.1) is 6.10 Å². The topological polar surface area (TPSA) is 49.3 Å². The molecule has 0 aromatic heterocycles. The van der Waals surface area contributed by atoms with E-state index in [0.717, 1.165) is 5.56 Å². The maximum Gasteiger partial charge on any atom is 0.251 e. The van der Waals surface area contributed by atoms with E-state index in [4.69, 9.17) is 11.6 Å². The van der Waals surface area contributed by atoms with E-state index in [9.17, 15) is 9.90 Å². The Morgan fingerprint density at radius 3 is 2.63 bits per heavy atom. The van der Waals surface area contributed by atoms with Crippen molar-refractivity contribution in [2.75, 3.05) is 6.54 Å². The van der Waals surface area contributed by atoms with Gasteiger partial charge in [0.15, 0.2) is 0 Å². The molecule has 1 aromatic rings. The van der Waals surface area contributed by atoms with E-state index in [0.29, 0.717) is 23.6 Å². The molecule has 1 amide bonds. The molecule has 0 bridgehead atoms. The second kappa shape index (κ2) is 6.40. The highest BCUT2D eigenvalue weighted by molar-refractivity contribution is 6.31. The Kier molecular flexibility index (Phi) is 5.39. The lowest BCUT2D eigenvalue weighted by molar-refractivity contribution is 0.0902. The number of halogens is 1. The van der Waals surface area contributed by atoms with Crippen LogP contribution in [0.2, 0.25) is 5.02 Å². The van der Waals surface area contributed by atoms with Crippen LogP contribution in [0.3, 0.4) is 0 Å². The van der Waals surface area contributed by atoms with Crippen molar-refractivity contribution >= 4 is 17.5 Å². The Morgan fingerprint density at radius 2 is 2.11 bits per heavy atom. The van der Waals surface area contributed by atoms with Crippen molar-refractivity contribution in [3.8, 4) is 0 Å². The quantitative estimate of drug-likeness (QED) is 0.872. The van der Waals surface area contributed by atoms with Crippen LogP contribution < -0.4 is 5.32 Å². The molecule has 0 heterocycles. The third kappa shape index (κ3) is 5.21. The predicted octanol–water partition coefficient (Wildman–Crippen LogP) is 3.18. The Morgan fingerprint density at radius 1 is 1.47 bits per heavy atom. The lowest BCUT2D eigenvalue weighted by Gasteiger charge is -2.26. The molecule has 1 unspecified atom stereocenters. The fourth-order valence-corrected chi connectivity index (χ4v) is 2.21. The molecular formula is C15H22ClNO2. The molecule has 3 nitrogen and oxygen atoms in total. The third-order valence-corrected chi connectivity index (χ3v) is 3.42. The first-order valence-corrected chi connectivity index (χ1v) is 6.81. The van der Waals surface area contributed by atoms with E-state index < -0.39 is 0 Å². The molecule has 0 radical (unpaired) electrons. The first-order chi connectivity index (χ1) is 8.71. The lowest BCUT2D eigenvalue weighted by Crippen LogP contribution is -2.35. The average Bonchev–Trinajstić information content (AvgIpc) is 2.28. The second-order valence-electron chi connectivity index (χ2n) is 5.86. The zero-order valence-corrected chi connectivity index (χ0v) is 12.7. The normalized spacial score (nSPS) is 13.2. The van der Waals surface area contributed by atoms with Gasteiger partial charge in [-0.05, 0) is 43.4 Å². The zero-order chi connectivity index (χ0) is 14.6. The molecule has 0 aliphatic heterocycles. The molecule has 1 aromatic carbocycles. The van der Waals surface area contributed by atoms with E-state index in [2.05, 4.69) is 5.32 Å². The lowest BCUT2D eigenvalue weighted by atomic mass is 9.87. The highest BCUT2D eigenvalue weighted by Crippen LogP contribution is 2.21. The molecule has 0 spiro atoms. The van der Waals surface area contributed by atoms with E-state index in [-0.39, 0.29) is 17.4 Å². The number of carbonyl (C=O) groups is 1. The fourth-order valence-electron chi connectivity index (χ4n) is 2.03. The molecule has 106 valence electrons. The van der Waals surface area contributed by atoms with Crippen molar-refractivity contribution in [1.82, 2.24) is 5.32 Å². The van der Waals surface area contributed by atoms with Crippen LogP contribution in [0.4, 0.5) is 0 Å². The molecule has 0 aliphatic carbocycles. The Balaban J connectivity index is 2.62. The summed E-state index contributed by atoms with van der Waals surface area (Å²) in [4.78, 5) is 12.0. The van der Waals surface area contributed by atoms with Gasteiger partial charge in [-0.25, -0.2) is 0 Å². The summed E-state index contributed by atoms with van der Waals surface area (Å²) in [6.07, 6.45) is 0.266. The minimum absolute atomic E-state index is 0.138. The first-order valence-electron chi connectivity index (χ1n) is 6.44. The number of benzene rings is 1. The number of aliphatic hydroxyl groups excluding tert-OH is 1. The summed E-state index contributed by atoms with van der Waals surface area (Å²) >= 11 is 6.00. The molecule has 4 heteroatoms. The van der Waals surface area contributed by atoms with Gasteiger partial charge in [0.2, 0.25) is 0 Å². The molecule has 0 saturated heterocycles. The van der Waals surface area contributed by atoms with Crippen LogP contribution in [0.1, 0.15) is 43.1 Å². The number of nitrogens with one attached hydrogen (secondary N) is 1. The van der Waals surface area contributed by atoms with E-state index in [1.807, 2.05) is 26.8 Å². The van der Waals surface area contributed by atoms with E-state index >= 15 is 0 Å². The fraction of sp³-hybridized carbons (Fsp3) is 0.533. The Labute approximate surface area is 120 Å². The maximum atomic E-state index is 12.0. The highest BCUT2D eigenvalue weighted by atomic mass is 35.5. The number of hydrogen-bond acceptors (Lipinski definition) is 2. The summed E-state index contributed by atoms with van der Waals surface area (Å²) in [6.45, 7) is 8.20. The Hall–Kier alpha value is -1.06. The van der Waals surface area contributed by atoms with Gasteiger partial charge in [-0.1, -0.05) is 31.5 Å². The van der Waals surface area contributed by atoms with Crippen molar-refractivity contribution in [3.63, 3.8) is 0 Å². The summed E-state index contributed by atoms with van der Waals surface area (Å²) in [7, 11) is 0. The largest absolute Gasteiger partial charge is 0.393 e. The third-order valence-electron chi connectivity index (χ3n) is 3.01. The van der Waals surface area contributed by atoms with E-state index in [1.54, 1.807) is 19.1 Å². The van der Waals surface area contributed by atoms with Gasteiger partial charge in [-0.2, -0.15) is 0 Å². The monoisotopic (exact) mass is 283 g/mol. The molecule has 0 fully saturated rings. The van der Waals surface area contributed by atoms with Gasteiger partial charge in [-0.15, -0.1) is 0 Å². The van der Waals surface area contributed by atoms with Gasteiger partial charge >= 0.3 is 0 Å². The summed E-state index contributed by atoms with van der Waals surface area (Å²) < 4.78 is 0. The van der Waals surface area contributed by atoms with Crippen LogP contribution in [0.5, 0.6) is 0 Å². The van der Waals surface area contributed by atoms with Gasteiger partial charge in [0, 0.05) is 17.1 Å². The highest BCUT2D eigenvalue weighted by Gasteiger charge is 2.21. The molecular weight excluding hydrogens is 262 g/mol. The molecule has 0 aliphatic rings. The minimum Gasteiger partial charge on any atom is -0.393 e. The van der Waals surface area contributed by atoms with Gasteiger partial charge < -0.3 is 10.4 Å². The van der Waals surface area contributed by atoms with Crippen LogP contribution in [0, 0.1) is 12.3 Å². The standard InChI is InChI=1S/C15H22ClNO2/c1-10-5-6-12(7-13(10)16)14(19)17-9-15(3,4)8-11(2)18/h5-7,11,18H,8-9H2,1-4H3,(H,17,19). The number of aliphatic hydroxyl groups is 1. The average molecular weight is 284 g/mol. The SMILES string of the molecule is Cc1ccc(C(=O)NCC(C)(C)CC(C)O)cc1Cl. The van der Waals surface area contributed by atoms with Gasteiger partial charge in [-0.3, -0.25) is 4.79 Å². The van der Waals surface area contributed by atoms with Crippen molar-refractivity contribution in [1.29, 1.82) is 0 Å². The number of rotatable bonds is 5. The first kappa shape index (κ1) is 16.0. The predicted molar refractivity (Wildman–Crippen MR) is 78.6 cm³/mol. The second-order valence-corrected chi connectivity index (χ2v) is 6.27. The van der Waals surface area contributed by atoms with Crippen molar-refractivity contribution < 1.29 is 9.90 Å². The molecule has 1 rings (SSSR count). The Bertz CT molecular complexity index is 455. The van der Waals surface area contributed by atoms with E-state index in [1.165, 1.54) is 0 Å². The van der Waals surface area contributed by atoms with Gasteiger partial charge in [0.25, 0.3) is 5.91 Å². The van der Waals surface area contributed by atoms with Crippen LogP contribution in [-0.4, -0.2) is 23.7 Å². The smallest absolute Gasteiger partial charge is 0.251 e. The molecule has 2 N–H and O–H groups in total. The van der Waals surface area contributed by atoms with Crippen molar-refractivity contribution in [2.24, 2.45) is 5.41 Å². The maximum absolute atomic E-state index is 12.0. The minimum atomic E-state index is -0.374. The number of aryl methyl sites for hydroxylation is 1. The number of carbonyl (C=O) groups excluding carboxylic acids is 1. The van der Waals surface area contributed by atoms with Gasteiger partial charge in [0.1, 0.15) is 0 Å². The van der Waals surface area contributed by atoms with Crippen molar-refractivity contribution in [2.45, 2.75) is 40.2 Å². The molecule has 1 atom stereocenters. The van der Waals surface area contributed by atoms with Crippen LogP contribution in [0.25, 0.3) is 0 Å².